The van der Waals surface area contributed by atoms with Crippen molar-refractivity contribution in [1.82, 2.24) is 15.5 Å². The molecular weight excluding hydrogens is 249 g/mol. The fraction of sp³-hybridized carbons (Fsp3) is 0.875. The summed E-state index contributed by atoms with van der Waals surface area (Å²) < 4.78 is 5.53. The fourth-order valence-corrected chi connectivity index (χ4v) is 4.48. The largest absolute Gasteiger partial charge is 0.363 e. The SMILES string of the molecule is CCNC(=S)NP(=S)(NC(C)C)OCC. The smallest absolute Gasteiger partial charge is 0.225 e. The molecule has 4 nitrogen and oxygen atoms in total. The Kier molecular flexibility index (Phi) is 7.65. The topological polar surface area (TPSA) is 45.3 Å². The molecule has 90 valence electrons. The molecule has 0 aliphatic heterocycles. The molecule has 0 aliphatic rings. The van der Waals surface area contributed by atoms with Crippen molar-refractivity contribution in [3.63, 3.8) is 0 Å². The molecule has 7 heteroatoms. The van der Waals surface area contributed by atoms with Gasteiger partial charge in [-0.2, -0.15) is 0 Å². The lowest BCUT2D eigenvalue weighted by Crippen LogP contribution is -2.38. The van der Waals surface area contributed by atoms with Crippen LogP contribution in [0.1, 0.15) is 27.7 Å². The van der Waals surface area contributed by atoms with Crippen LogP contribution in [0.2, 0.25) is 0 Å². The fourth-order valence-electron chi connectivity index (χ4n) is 0.957. The summed E-state index contributed by atoms with van der Waals surface area (Å²) in [4.78, 5) is 0. The van der Waals surface area contributed by atoms with Crippen LogP contribution in [0.4, 0.5) is 0 Å². The van der Waals surface area contributed by atoms with Gasteiger partial charge in [-0.25, -0.2) is 5.09 Å². The molecule has 0 saturated carbocycles. The second-order valence-corrected chi connectivity index (χ2v) is 7.02. The van der Waals surface area contributed by atoms with Crippen LogP contribution < -0.4 is 15.5 Å². The summed E-state index contributed by atoms with van der Waals surface area (Å²) in [6, 6.07) is 0.263. The molecule has 0 heterocycles. The molecule has 15 heavy (non-hydrogen) atoms. The number of nitrogens with one attached hydrogen (secondary N) is 3. The quantitative estimate of drug-likeness (QED) is 0.504. The Bertz CT molecular complexity index is 248. The monoisotopic (exact) mass is 269 g/mol. The first-order valence-electron chi connectivity index (χ1n) is 5.02. The summed E-state index contributed by atoms with van der Waals surface area (Å²) in [5, 5.41) is 9.79. The van der Waals surface area contributed by atoms with Crippen LogP contribution in [0.15, 0.2) is 0 Å². The molecule has 0 aromatic carbocycles. The van der Waals surface area contributed by atoms with Crippen molar-refractivity contribution in [3.05, 3.63) is 0 Å². The lowest BCUT2D eigenvalue weighted by Gasteiger charge is -2.26. The highest BCUT2D eigenvalue weighted by Gasteiger charge is 2.18. The first kappa shape index (κ1) is 15.3. The van der Waals surface area contributed by atoms with Crippen molar-refractivity contribution < 1.29 is 4.52 Å². The predicted molar refractivity (Wildman–Crippen MR) is 73.6 cm³/mol. The minimum atomic E-state index is -2.23. The molecule has 0 aromatic rings. The Morgan fingerprint density at radius 1 is 1.40 bits per heavy atom. The van der Waals surface area contributed by atoms with Gasteiger partial charge in [0.05, 0.1) is 6.61 Å². The summed E-state index contributed by atoms with van der Waals surface area (Å²) in [5.74, 6) is 0. The zero-order chi connectivity index (χ0) is 11.9. The second kappa shape index (κ2) is 7.52. The summed E-state index contributed by atoms with van der Waals surface area (Å²) in [7, 11) is 0. The zero-order valence-electron chi connectivity index (χ0n) is 9.66. The first-order valence-corrected chi connectivity index (χ1v) is 8.14. The number of rotatable bonds is 6. The molecule has 0 radical (unpaired) electrons. The molecule has 0 saturated heterocycles. The molecule has 0 bridgehead atoms. The van der Waals surface area contributed by atoms with E-state index in [0.29, 0.717) is 11.7 Å². The Hall–Kier alpha value is 0.260. The van der Waals surface area contributed by atoms with Crippen LogP contribution in [-0.2, 0) is 16.3 Å². The molecule has 3 N–H and O–H groups in total. The van der Waals surface area contributed by atoms with E-state index < -0.39 is 6.57 Å². The molecule has 0 fully saturated rings. The Morgan fingerprint density at radius 2 is 2.00 bits per heavy atom. The summed E-state index contributed by atoms with van der Waals surface area (Å²) >= 11 is 10.5. The van der Waals surface area contributed by atoms with E-state index in [0.717, 1.165) is 6.54 Å². The average molecular weight is 269 g/mol. The van der Waals surface area contributed by atoms with E-state index in [4.69, 9.17) is 28.5 Å². The van der Waals surface area contributed by atoms with E-state index in [2.05, 4.69) is 15.5 Å². The van der Waals surface area contributed by atoms with Crippen LogP contribution in [0.25, 0.3) is 0 Å². The standard InChI is InChI=1S/C8H20N3OPS2/c1-5-9-8(14)11-13(15,12-6-2)10-7(3)4/h7H,5-6H2,1-4H3,(H3,9,10,11,14,15). The van der Waals surface area contributed by atoms with E-state index in [1.165, 1.54) is 0 Å². The van der Waals surface area contributed by atoms with Crippen LogP contribution in [0, 0.1) is 0 Å². The Balaban J connectivity index is 4.37. The van der Waals surface area contributed by atoms with Gasteiger partial charge in [0.2, 0.25) is 6.57 Å². The molecule has 1 unspecified atom stereocenters. The van der Waals surface area contributed by atoms with Crippen molar-refractivity contribution in [1.29, 1.82) is 0 Å². The highest BCUT2D eigenvalue weighted by molar-refractivity contribution is 8.10. The Labute approximate surface area is 103 Å². The van der Waals surface area contributed by atoms with Crippen molar-refractivity contribution >= 4 is 35.7 Å². The lowest BCUT2D eigenvalue weighted by molar-refractivity contribution is 0.363. The molecular formula is C8H20N3OPS2. The van der Waals surface area contributed by atoms with Crippen molar-refractivity contribution in [2.45, 2.75) is 33.7 Å². The van der Waals surface area contributed by atoms with Gasteiger partial charge in [-0.1, -0.05) is 0 Å². The van der Waals surface area contributed by atoms with Gasteiger partial charge in [-0.3, -0.25) is 0 Å². The van der Waals surface area contributed by atoms with Crippen LogP contribution in [0.3, 0.4) is 0 Å². The van der Waals surface area contributed by atoms with E-state index >= 15 is 0 Å². The Morgan fingerprint density at radius 3 is 2.40 bits per heavy atom. The number of thiocarbonyl (C=S) groups is 1. The minimum Gasteiger partial charge on any atom is -0.363 e. The van der Waals surface area contributed by atoms with E-state index in [-0.39, 0.29) is 6.04 Å². The average Bonchev–Trinajstić information content (AvgIpc) is 2.01. The van der Waals surface area contributed by atoms with Gasteiger partial charge in [0.15, 0.2) is 5.11 Å². The number of hydrogen-bond donors (Lipinski definition) is 3. The van der Waals surface area contributed by atoms with Gasteiger partial charge in [0.1, 0.15) is 0 Å². The van der Waals surface area contributed by atoms with Gasteiger partial charge in [0.25, 0.3) is 0 Å². The van der Waals surface area contributed by atoms with Crippen LogP contribution >= 0.6 is 18.8 Å². The van der Waals surface area contributed by atoms with E-state index in [9.17, 15) is 0 Å². The highest BCUT2D eigenvalue weighted by atomic mass is 32.4. The van der Waals surface area contributed by atoms with Gasteiger partial charge >= 0.3 is 0 Å². The molecule has 0 aromatic heterocycles. The molecule has 0 amide bonds. The molecule has 1 atom stereocenters. The number of hydrogen-bond acceptors (Lipinski definition) is 3. The van der Waals surface area contributed by atoms with Gasteiger partial charge in [-0.15, -0.1) is 0 Å². The normalized spacial score (nSPS) is 14.7. The maximum atomic E-state index is 5.53. The lowest BCUT2D eigenvalue weighted by atomic mass is 10.4. The summed E-state index contributed by atoms with van der Waals surface area (Å²) in [5.41, 5.74) is 0. The minimum absolute atomic E-state index is 0.263. The van der Waals surface area contributed by atoms with Gasteiger partial charge in [-0.05, 0) is 51.7 Å². The van der Waals surface area contributed by atoms with Crippen LogP contribution in [0.5, 0.6) is 0 Å². The van der Waals surface area contributed by atoms with E-state index in [1.807, 2.05) is 27.7 Å². The maximum absolute atomic E-state index is 5.53. The predicted octanol–water partition coefficient (Wildman–Crippen LogP) is 1.73. The summed E-state index contributed by atoms with van der Waals surface area (Å²) in [6.45, 7) is 7.06. The van der Waals surface area contributed by atoms with Crippen LogP contribution in [-0.4, -0.2) is 24.3 Å². The van der Waals surface area contributed by atoms with Gasteiger partial charge in [0, 0.05) is 12.6 Å². The molecule has 0 aliphatic carbocycles. The van der Waals surface area contributed by atoms with Crippen molar-refractivity contribution in [3.8, 4) is 0 Å². The van der Waals surface area contributed by atoms with E-state index in [1.54, 1.807) is 0 Å². The third kappa shape index (κ3) is 7.19. The molecule has 0 spiro atoms. The van der Waals surface area contributed by atoms with Crippen molar-refractivity contribution in [2.75, 3.05) is 13.2 Å². The van der Waals surface area contributed by atoms with Crippen molar-refractivity contribution in [2.24, 2.45) is 0 Å². The zero-order valence-corrected chi connectivity index (χ0v) is 12.2. The highest BCUT2D eigenvalue weighted by Crippen LogP contribution is 2.38. The third-order valence-corrected chi connectivity index (χ3v) is 4.63. The summed E-state index contributed by atoms with van der Waals surface area (Å²) in [6.07, 6.45) is 0. The first-order chi connectivity index (χ1) is 6.93. The third-order valence-electron chi connectivity index (χ3n) is 1.33. The maximum Gasteiger partial charge on any atom is 0.225 e. The van der Waals surface area contributed by atoms with Gasteiger partial charge < -0.3 is 14.9 Å². The molecule has 0 rings (SSSR count). The second-order valence-electron chi connectivity index (χ2n) is 3.22.